The number of unbranched alkanes of at least 4 members (excludes halogenated alkanes) is 4. The summed E-state index contributed by atoms with van der Waals surface area (Å²) < 4.78 is 0. The third-order valence-corrected chi connectivity index (χ3v) is 5.14. The quantitative estimate of drug-likeness (QED) is 0.356. The summed E-state index contributed by atoms with van der Waals surface area (Å²) in [7, 11) is 0. The van der Waals surface area contributed by atoms with Crippen LogP contribution in [0.25, 0.3) is 0 Å². The van der Waals surface area contributed by atoms with Gasteiger partial charge in [-0.25, -0.2) is 0 Å². The highest BCUT2D eigenvalue weighted by molar-refractivity contribution is 5.35. The minimum Gasteiger partial charge on any atom is -0.0651 e. The molecule has 0 heteroatoms. The van der Waals surface area contributed by atoms with Crippen LogP contribution in [-0.4, -0.2) is 0 Å². The largest absolute Gasteiger partial charge is 0.0651 e. The van der Waals surface area contributed by atoms with Crippen LogP contribution in [0.3, 0.4) is 0 Å². The molecule has 0 atom stereocenters. The highest BCUT2D eigenvalue weighted by Crippen LogP contribution is 2.21. The molecule has 0 radical (unpaired) electrons. The summed E-state index contributed by atoms with van der Waals surface area (Å²) in [4.78, 5) is 0. The van der Waals surface area contributed by atoms with Crippen molar-refractivity contribution in [1.29, 1.82) is 0 Å². The highest BCUT2D eigenvalue weighted by Gasteiger charge is 2.07. The van der Waals surface area contributed by atoms with Gasteiger partial charge in [0.1, 0.15) is 0 Å². The van der Waals surface area contributed by atoms with Gasteiger partial charge in [0.2, 0.25) is 0 Å². The van der Waals surface area contributed by atoms with Crippen LogP contribution in [0.5, 0.6) is 0 Å². The molecule has 0 aliphatic heterocycles. The van der Waals surface area contributed by atoms with Crippen LogP contribution in [0.15, 0.2) is 48.5 Å². The summed E-state index contributed by atoms with van der Waals surface area (Å²) in [6.45, 7) is 4.59. The van der Waals surface area contributed by atoms with Crippen LogP contribution in [0.1, 0.15) is 81.0 Å². The first-order valence-electron chi connectivity index (χ1n) is 10.5. The molecule has 0 fully saturated rings. The van der Waals surface area contributed by atoms with E-state index in [0.29, 0.717) is 0 Å². The van der Waals surface area contributed by atoms with Crippen molar-refractivity contribution in [1.82, 2.24) is 0 Å². The summed E-state index contributed by atoms with van der Waals surface area (Å²) in [6.07, 6.45) is 14.3. The smallest absolute Gasteiger partial charge is 0.0276 e. The second kappa shape index (κ2) is 11.9. The first-order chi connectivity index (χ1) is 12.3. The van der Waals surface area contributed by atoms with Gasteiger partial charge in [-0.3, -0.25) is 0 Å². The number of rotatable bonds is 12. The molecule has 2 aromatic rings. The van der Waals surface area contributed by atoms with Gasteiger partial charge in [0.25, 0.3) is 0 Å². The fraction of sp³-hybridized carbons (Fsp3) is 0.520. The van der Waals surface area contributed by atoms with Crippen LogP contribution in [0.4, 0.5) is 0 Å². The Hall–Kier alpha value is -1.56. The van der Waals surface area contributed by atoms with Gasteiger partial charge >= 0.3 is 0 Å². The molecule has 2 rings (SSSR count). The standard InChI is InChI=1S/C25H36/c1-3-14-23-20-13-21-24(25(23)15-4-2)19-12-7-5-6-9-16-22-17-10-8-11-18-22/h8,10-11,13,17-18,20-21H,3-7,9,12,14-16,19H2,1-2H3. The molecule has 0 spiro atoms. The van der Waals surface area contributed by atoms with Gasteiger partial charge in [-0.05, 0) is 60.8 Å². The molecule has 0 aromatic heterocycles. The SMILES string of the molecule is CCCc1cccc(CCCCCCCc2ccccc2)c1CCC. The molecule has 0 nitrogen and oxygen atoms in total. The van der Waals surface area contributed by atoms with Crippen LogP contribution < -0.4 is 0 Å². The lowest BCUT2D eigenvalue weighted by Gasteiger charge is -2.14. The maximum atomic E-state index is 2.37. The Morgan fingerprint density at radius 1 is 0.520 bits per heavy atom. The van der Waals surface area contributed by atoms with E-state index in [1.807, 2.05) is 0 Å². The van der Waals surface area contributed by atoms with Gasteiger partial charge in [-0.2, -0.15) is 0 Å². The first kappa shape index (κ1) is 19.8. The van der Waals surface area contributed by atoms with E-state index in [1.165, 1.54) is 76.2 Å². The van der Waals surface area contributed by atoms with E-state index < -0.39 is 0 Å². The van der Waals surface area contributed by atoms with Crippen molar-refractivity contribution >= 4 is 0 Å². The highest BCUT2D eigenvalue weighted by atomic mass is 14.1. The van der Waals surface area contributed by atoms with Crippen LogP contribution in [0.2, 0.25) is 0 Å². The molecular weight excluding hydrogens is 300 g/mol. The van der Waals surface area contributed by atoms with Crippen molar-refractivity contribution in [3.05, 3.63) is 70.8 Å². The minimum atomic E-state index is 1.24. The predicted octanol–water partition coefficient (Wildman–Crippen LogP) is 7.33. The average Bonchev–Trinajstić information content (AvgIpc) is 2.64. The Bertz CT molecular complexity index is 582. The minimum absolute atomic E-state index is 1.24. The van der Waals surface area contributed by atoms with Gasteiger partial charge in [-0.1, -0.05) is 94.5 Å². The summed E-state index contributed by atoms with van der Waals surface area (Å²) >= 11 is 0. The van der Waals surface area contributed by atoms with Crippen molar-refractivity contribution < 1.29 is 0 Å². The zero-order valence-electron chi connectivity index (χ0n) is 16.4. The third kappa shape index (κ3) is 7.06. The summed E-state index contributed by atoms with van der Waals surface area (Å²) in [5.41, 5.74) is 6.37. The lowest BCUT2D eigenvalue weighted by Crippen LogP contribution is -2.00. The van der Waals surface area contributed by atoms with E-state index >= 15 is 0 Å². The molecule has 2 aromatic carbocycles. The maximum Gasteiger partial charge on any atom is -0.0276 e. The summed E-state index contributed by atoms with van der Waals surface area (Å²) in [5, 5.41) is 0. The molecule has 0 saturated carbocycles. The average molecular weight is 337 g/mol. The van der Waals surface area contributed by atoms with Gasteiger partial charge in [0.05, 0.1) is 0 Å². The van der Waals surface area contributed by atoms with E-state index in [-0.39, 0.29) is 0 Å². The monoisotopic (exact) mass is 336 g/mol. The molecule has 136 valence electrons. The Kier molecular flexibility index (Phi) is 9.41. The number of hydrogen-bond acceptors (Lipinski definition) is 0. The van der Waals surface area contributed by atoms with E-state index in [0.717, 1.165) is 0 Å². The lowest BCUT2D eigenvalue weighted by atomic mass is 9.91. The number of hydrogen-bond donors (Lipinski definition) is 0. The molecule has 0 heterocycles. The van der Waals surface area contributed by atoms with Crippen LogP contribution in [-0.2, 0) is 25.7 Å². The third-order valence-electron chi connectivity index (χ3n) is 5.14. The van der Waals surface area contributed by atoms with Crippen molar-refractivity contribution in [3.63, 3.8) is 0 Å². The lowest BCUT2D eigenvalue weighted by molar-refractivity contribution is 0.612. The summed E-state index contributed by atoms with van der Waals surface area (Å²) in [6, 6.07) is 17.9. The topological polar surface area (TPSA) is 0 Å². The number of benzene rings is 2. The van der Waals surface area contributed by atoms with Crippen LogP contribution >= 0.6 is 0 Å². The van der Waals surface area contributed by atoms with Crippen molar-refractivity contribution in [2.45, 2.75) is 84.5 Å². The molecule has 0 aliphatic carbocycles. The second-order valence-electron chi connectivity index (χ2n) is 7.31. The van der Waals surface area contributed by atoms with E-state index in [2.05, 4.69) is 62.4 Å². The van der Waals surface area contributed by atoms with Crippen molar-refractivity contribution in [2.75, 3.05) is 0 Å². The van der Waals surface area contributed by atoms with Gasteiger partial charge < -0.3 is 0 Å². The second-order valence-corrected chi connectivity index (χ2v) is 7.31. The van der Waals surface area contributed by atoms with Crippen LogP contribution in [0, 0.1) is 0 Å². The summed E-state index contributed by atoms with van der Waals surface area (Å²) in [5.74, 6) is 0. The zero-order chi connectivity index (χ0) is 17.7. The van der Waals surface area contributed by atoms with E-state index in [9.17, 15) is 0 Å². The van der Waals surface area contributed by atoms with Gasteiger partial charge in [0.15, 0.2) is 0 Å². The Balaban J connectivity index is 1.69. The maximum absolute atomic E-state index is 2.37. The molecule has 0 N–H and O–H groups in total. The first-order valence-corrected chi connectivity index (χ1v) is 10.5. The normalized spacial score (nSPS) is 11.0. The van der Waals surface area contributed by atoms with E-state index in [4.69, 9.17) is 0 Å². The molecular formula is C25H36. The number of aryl methyl sites for hydroxylation is 3. The zero-order valence-corrected chi connectivity index (χ0v) is 16.4. The molecule has 25 heavy (non-hydrogen) atoms. The fourth-order valence-electron chi connectivity index (χ4n) is 3.82. The van der Waals surface area contributed by atoms with E-state index in [1.54, 1.807) is 16.7 Å². The predicted molar refractivity (Wildman–Crippen MR) is 111 cm³/mol. The fourth-order valence-corrected chi connectivity index (χ4v) is 3.82. The van der Waals surface area contributed by atoms with Gasteiger partial charge in [-0.15, -0.1) is 0 Å². The Morgan fingerprint density at radius 3 is 1.80 bits per heavy atom. The molecule has 0 saturated heterocycles. The Labute approximate surface area is 155 Å². The van der Waals surface area contributed by atoms with Crippen molar-refractivity contribution in [3.8, 4) is 0 Å². The molecule has 0 bridgehead atoms. The molecule has 0 amide bonds. The van der Waals surface area contributed by atoms with Crippen molar-refractivity contribution in [2.24, 2.45) is 0 Å². The Morgan fingerprint density at radius 2 is 1.12 bits per heavy atom. The van der Waals surface area contributed by atoms with Gasteiger partial charge in [0, 0.05) is 0 Å². The molecule has 0 aliphatic rings. The molecule has 0 unspecified atom stereocenters.